The molecule has 0 amide bonds. The normalized spacial score (nSPS) is 14.4. The van der Waals surface area contributed by atoms with Gasteiger partial charge in [0.05, 0.1) is 6.61 Å². The second-order valence-electron chi connectivity index (χ2n) is 5.14. The van der Waals surface area contributed by atoms with Gasteiger partial charge in [-0.15, -0.1) is 0 Å². The van der Waals surface area contributed by atoms with E-state index in [0.29, 0.717) is 12.6 Å². The molecule has 0 unspecified atom stereocenters. The Morgan fingerprint density at radius 3 is 2.95 bits per heavy atom. The van der Waals surface area contributed by atoms with Crippen molar-refractivity contribution in [3.8, 4) is 5.75 Å². The lowest BCUT2D eigenvalue weighted by Gasteiger charge is -2.12. The van der Waals surface area contributed by atoms with Crippen molar-refractivity contribution in [3.05, 3.63) is 51.2 Å². The lowest BCUT2D eigenvalue weighted by atomic mass is 10.2. The molecule has 1 heterocycles. The van der Waals surface area contributed by atoms with Crippen LogP contribution in [0.3, 0.4) is 0 Å². The zero-order valence-electron chi connectivity index (χ0n) is 11.3. The molecule has 0 saturated heterocycles. The molecule has 1 aromatic carbocycles. The van der Waals surface area contributed by atoms with Gasteiger partial charge in [0, 0.05) is 29.6 Å². The Kier molecular flexibility index (Phi) is 4.61. The Hall–Kier alpha value is -1.03. The molecule has 3 rings (SSSR count). The SMILES string of the molecule is Clc1ccc(OCCc2ccsc2)c(CNC2CC2)c1. The Morgan fingerprint density at radius 1 is 1.30 bits per heavy atom. The van der Waals surface area contributed by atoms with Crippen molar-refractivity contribution >= 4 is 22.9 Å². The molecule has 0 atom stereocenters. The highest BCUT2D eigenvalue weighted by atomic mass is 35.5. The van der Waals surface area contributed by atoms with Crippen molar-refractivity contribution < 1.29 is 4.74 Å². The topological polar surface area (TPSA) is 21.3 Å². The minimum Gasteiger partial charge on any atom is -0.493 e. The summed E-state index contributed by atoms with van der Waals surface area (Å²) in [4.78, 5) is 0. The summed E-state index contributed by atoms with van der Waals surface area (Å²) >= 11 is 7.81. The minimum absolute atomic E-state index is 0.688. The van der Waals surface area contributed by atoms with Gasteiger partial charge in [-0.25, -0.2) is 0 Å². The Balaban J connectivity index is 1.58. The summed E-state index contributed by atoms with van der Waals surface area (Å²) in [6.45, 7) is 1.54. The van der Waals surface area contributed by atoms with Crippen LogP contribution in [0.1, 0.15) is 24.0 Å². The number of hydrogen-bond acceptors (Lipinski definition) is 3. The summed E-state index contributed by atoms with van der Waals surface area (Å²) in [5.41, 5.74) is 2.48. The number of hydrogen-bond donors (Lipinski definition) is 1. The second-order valence-corrected chi connectivity index (χ2v) is 6.35. The van der Waals surface area contributed by atoms with Crippen molar-refractivity contribution in [1.82, 2.24) is 5.32 Å². The molecular formula is C16H18ClNOS. The highest BCUT2D eigenvalue weighted by Gasteiger charge is 2.20. The first-order valence-electron chi connectivity index (χ1n) is 6.97. The van der Waals surface area contributed by atoms with E-state index >= 15 is 0 Å². The highest BCUT2D eigenvalue weighted by molar-refractivity contribution is 7.07. The van der Waals surface area contributed by atoms with Crippen LogP contribution in [-0.2, 0) is 13.0 Å². The first kappa shape index (κ1) is 13.9. The van der Waals surface area contributed by atoms with E-state index in [0.717, 1.165) is 29.3 Å². The van der Waals surface area contributed by atoms with Gasteiger partial charge in [0.2, 0.25) is 0 Å². The van der Waals surface area contributed by atoms with Gasteiger partial charge in [-0.2, -0.15) is 11.3 Å². The van der Waals surface area contributed by atoms with Gasteiger partial charge in [-0.05, 0) is 53.4 Å². The fraction of sp³-hybridized carbons (Fsp3) is 0.375. The predicted molar refractivity (Wildman–Crippen MR) is 84.8 cm³/mol. The Labute approximate surface area is 128 Å². The number of rotatable bonds is 7. The van der Waals surface area contributed by atoms with Gasteiger partial charge < -0.3 is 10.1 Å². The average Bonchev–Trinajstić information content (AvgIpc) is 3.13. The molecular weight excluding hydrogens is 290 g/mol. The van der Waals surface area contributed by atoms with Gasteiger partial charge in [0.15, 0.2) is 0 Å². The molecule has 2 nitrogen and oxygen atoms in total. The number of ether oxygens (including phenoxy) is 1. The first-order valence-corrected chi connectivity index (χ1v) is 8.29. The standard InChI is InChI=1S/C16H18ClNOS/c17-14-1-4-16(13(9-14)10-18-15-2-3-15)19-7-5-12-6-8-20-11-12/h1,4,6,8-9,11,15,18H,2-3,5,7,10H2. The molecule has 20 heavy (non-hydrogen) atoms. The number of nitrogens with one attached hydrogen (secondary N) is 1. The molecule has 0 aliphatic heterocycles. The third-order valence-electron chi connectivity index (χ3n) is 3.41. The molecule has 1 N–H and O–H groups in total. The van der Waals surface area contributed by atoms with Crippen LogP contribution in [0.5, 0.6) is 5.75 Å². The molecule has 1 aromatic heterocycles. The van der Waals surface area contributed by atoms with Gasteiger partial charge in [0.1, 0.15) is 5.75 Å². The van der Waals surface area contributed by atoms with E-state index in [9.17, 15) is 0 Å². The van der Waals surface area contributed by atoms with E-state index in [1.165, 1.54) is 18.4 Å². The largest absolute Gasteiger partial charge is 0.493 e. The third kappa shape index (κ3) is 3.98. The minimum atomic E-state index is 0.688. The fourth-order valence-corrected chi connectivity index (χ4v) is 2.98. The summed E-state index contributed by atoms with van der Waals surface area (Å²) < 4.78 is 5.92. The maximum Gasteiger partial charge on any atom is 0.123 e. The van der Waals surface area contributed by atoms with Crippen molar-refractivity contribution in [2.45, 2.75) is 31.8 Å². The quantitative estimate of drug-likeness (QED) is 0.824. The summed E-state index contributed by atoms with van der Waals surface area (Å²) in [5, 5.41) is 8.54. The lowest BCUT2D eigenvalue weighted by molar-refractivity contribution is 0.318. The summed E-state index contributed by atoms with van der Waals surface area (Å²) in [6, 6.07) is 8.69. The molecule has 0 spiro atoms. The highest BCUT2D eigenvalue weighted by Crippen LogP contribution is 2.25. The number of thiophene rings is 1. The molecule has 1 saturated carbocycles. The summed E-state index contributed by atoms with van der Waals surface area (Å²) in [6.07, 6.45) is 3.52. The molecule has 4 heteroatoms. The predicted octanol–water partition coefficient (Wildman–Crippen LogP) is 4.28. The molecule has 1 aliphatic rings. The van der Waals surface area contributed by atoms with Crippen LogP contribution < -0.4 is 10.1 Å². The van der Waals surface area contributed by atoms with E-state index < -0.39 is 0 Å². The van der Waals surface area contributed by atoms with Crippen LogP contribution in [0.4, 0.5) is 0 Å². The summed E-state index contributed by atoms with van der Waals surface area (Å²) in [5.74, 6) is 0.942. The Morgan fingerprint density at radius 2 is 2.20 bits per heavy atom. The van der Waals surface area contributed by atoms with Crippen LogP contribution >= 0.6 is 22.9 Å². The van der Waals surface area contributed by atoms with E-state index in [1.807, 2.05) is 18.2 Å². The van der Waals surface area contributed by atoms with Crippen LogP contribution in [0.25, 0.3) is 0 Å². The lowest BCUT2D eigenvalue weighted by Crippen LogP contribution is -2.16. The smallest absolute Gasteiger partial charge is 0.123 e. The Bertz CT molecular complexity index is 552. The molecule has 0 bridgehead atoms. The molecule has 1 fully saturated rings. The third-order valence-corrected chi connectivity index (χ3v) is 4.38. The van der Waals surface area contributed by atoms with Crippen LogP contribution in [0.2, 0.25) is 5.02 Å². The molecule has 1 aliphatic carbocycles. The zero-order chi connectivity index (χ0) is 13.8. The number of benzene rings is 1. The molecule has 2 aromatic rings. The van der Waals surface area contributed by atoms with Crippen LogP contribution in [0.15, 0.2) is 35.0 Å². The zero-order valence-corrected chi connectivity index (χ0v) is 12.8. The van der Waals surface area contributed by atoms with Crippen LogP contribution in [0, 0.1) is 0 Å². The monoisotopic (exact) mass is 307 g/mol. The molecule has 0 radical (unpaired) electrons. The maximum absolute atomic E-state index is 6.08. The average molecular weight is 308 g/mol. The first-order chi connectivity index (χ1) is 9.81. The summed E-state index contributed by atoms with van der Waals surface area (Å²) in [7, 11) is 0. The van der Waals surface area contributed by atoms with Gasteiger partial charge in [-0.3, -0.25) is 0 Å². The van der Waals surface area contributed by atoms with Gasteiger partial charge >= 0.3 is 0 Å². The van der Waals surface area contributed by atoms with Crippen molar-refractivity contribution in [2.75, 3.05) is 6.61 Å². The van der Waals surface area contributed by atoms with Crippen molar-refractivity contribution in [1.29, 1.82) is 0 Å². The van der Waals surface area contributed by atoms with E-state index in [2.05, 4.69) is 22.1 Å². The van der Waals surface area contributed by atoms with Gasteiger partial charge in [0.25, 0.3) is 0 Å². The number of halogens is 1. The van der Waals surface area contributed by atoms with E-state index in [-0.39, 0.29) is 0 Å². The van der Waals surface area contributed by atoms with Crippen molar-refractivity contribution in [3.63, 3.8) is 0 Å². The van der Waals surface area contributed by atoms with Crippen molar-refractivity contribution in [2.24, 2.45) is 0 Å². The molecule has 106 valence electrons. The van der Waals surface area contributed by atoms with E-state index in [4.69, 9.17) is 16.3 Å². The van der Waals surface area contributed by atoms with Crippen LogP contribution in [-0.4, -0.2) is 12.6 Å². The second kappa shape index (κ2) is 6.61. The van der Waals surface area contributed by atoms with Gasteiger partial charge in [-0.1, -0.05) is 11.6 Å². The van der Waals surface area contributed by atoms with E-state index in [1.54, 1.807) is 11.3 Å². The fourth-order valence-electron chi connectivity index (χ4n) is 2.08. The maximum atomic E-state index is 6.08.